The van der Waals surface area contributed by atoms with Gasteiger partial charge in [0.25, 0.3) is 0 Å². The fourth-order valence-electron chi connectivity index (χ4n) is 4.24. The van der Waals surface area contributed by atoms with Crippen molar-refractivity contribution in [2.45, 2.75) is 25.3 Å². The van der Waals surface area contributed by atoms with E-state index in [-0.39, 0.29) is 19.3 Å². The van der Waals surface area contributed by atoms with E-state index in [4.69, 9.17) is 5.11 Å². The largest absolute Gasteiger partial charge is 0.481 e. The summed E-state index contributed by atoms with van der Waals surface area (Å²) < 4.78 is 15.2. The molecule has 8 heteroatoms. The highest BCUT2D eigenvalue weighted by Crippen LogP contribution is 2.35. The molecule has 7 nitrogen and oxygen atoms in total. The first-order valence-corrected chi connectivity index (χ1v) is 11.2. The van der Waals surface area contributed by atoms with Crippen molar-refractivity contribution in [3.05, 3.63) is 96.1 Å². The predicted molar refractivity (Wildman–Crippen MR) is 129 cm³/mol. The molecular formula is C27H21FN4O3. The molecular weight excluding hydrogens is 447 g/mol. The number of aromatic nitrogens is 2. The average Bonchev–Trinajstić information content (AvgIpc) is 3.32. The van der Waals surface area contributed by atoms with Crippen LogP contribution >= 0.6 is 0 Å². The zero-order valence-electron chi connectivity index (χ0n) is 18.6. The average molecular weight is 468 g/mol. The molecule has 174 valence electrons. The van der Waals surface area contributed by atoms with E-state index in [9.17, 15) is 9.59 Å². The number of benzene rings is 3. The van der Waals surface area contributed by atoms with Crippen LogP contribution in [-0.4, -0.2) is 37.7 Å². The van der Waals surface area contributed by atoms with E-state index in [0.717, 1.165) is 16.7 Å². The van der Waals surface area contributed by atoms with Gasteiger partial charge >= 0.3 is 5.97 Å². The number of nitrogens with zero attached hydrogens (tertiary/aromatic N) is 4. The lowest BCUT2D eigenvalue weighted by molar-refractivity contribution is -0.141. The maximum Gasteiger partial charge on any atom is 0.303 e. The summed E-state index contributed by atoms with van der Waals surface area (Å²) in [7, 11) is 0. The third-order valence-corrected chi connectivity index (χ3v) is 5.98. The number of halogens is 1. The Bertz CT molecular complexity index is 1460. The lowest BCUT2D eigenvalue weighted by atomic mass is 9.96. The zero-order valence-corrected chi connectivity index (χ0v) is 18.6. The molecule has 1 N–H and O–H groups in total. The molecule has 3 aromatic carbocycles. The van der Waals surface area contributed by atoms with E-state index in [1.165, 1.54) is 11.1 Å². The fraction of sp³-hybridized carbons (Fsp3) is 0.148. The highest BCUT2D eigenvalue weighted by molar-refractivity contribution is 6.04. The Hall–Kier alpha value is -4.46. The molecule has 0 aliphatic carbocycles. The van der Waals surface area contributed by atoms with Crippen LogP contribution in [0, 0.1) is 5.82 Å². The third kappa shape index (κ3) is 4.63. The van der Waals surface area contributed by atoms with Gasteiger partial charge in [-0.15, -0.1) is 0 Å². The van der Waals surface area contributed by atoms with Crippen LogP contribution in [0.4, 0.5) is 4.39 Å². The molecule has 1 aliphatic rings. The van der Waals surface area contributed by atoms with Crippen LogP contribution in [-0.2, 0) is 9.59 Å². The van der Waals surface area contributed by atoms with Gasteiger partial charge in [0.05, 0.1) is 29.2 Å². The summed E-state index contributed by atoms with van der Waals surface area (Å²) in [5, 5.41) is 14.8. The topological polar surface area (TPSA) is 95.8 Å². The van der Waals surface area contributed by atoms with Crippen LogP contribution in [0.2, 0.25) is 0 Å². The third-order valence-electron chi connectivity index (χ3n) is 5.98. The summed E-state index contributed by atoms with van der Waals surface area (Å²) >= 11 is 0. The first-order chi connectivity index (χ1) is 17.0. The smallest absolute Gasteiger partial charge is 0.303 e. The zero-order chi connectivity index (χ0) is 24.4. The Morgan fingerprint density at radius 3 is 2.43 bits per heavy atom. The van der Waals surface area contributed by atoms with Crippen molar-refractivity contribution in [2.75, 3.05) is 0 Å². The molecule has 2 heterocycles. The van der Waals surface area contributed by atoms with Gasteiger partial charge in [0.2, 0.25) is 5.91 Å². The van der Waals surface area contributed by atoms with Crippen LogP contribution in [0.25, 0.3) is 22.2 Å². The number of carbonyl (C=O) groups excluding carboxylic acids is 1. The standard InChI is InChI=1S/C27H21FN4O3/c28-21-14-18(17-4-2-1-3-5-17)6-8-20(21)23-16-25(32(31-23)26(33)10-11-27(34)35)19-7-9-22-24(15-19)30-13-12-29-22/h1-9,12-15,25H,10-11,16H2,(H,34,35). The second kappa shape index (κ2) is 9.42. The quantitative estimate of drug-likeness (QED) is 0.431. The molecule has 1 amide bonds. The van der Waals surface area contributed by atoms with Gasteiger partial charge in [-0.2, -0.15) is 5.10 Å². The highest BCUT2D eigenvalue weighted by atomic mass is 19.1. The van der Waals surface area contributed by atoms with Gasteiger partial charge < -0.3 is 5.11 Å². The molecule has 0 saturated heterocycles. The molecule has 0 spiro atoms. The van der Waals surface area contributed by atoms with E-state index in [0.29, 0.717) is 22.3 Å². The number of rotatable bonds is 6. The fourth-order valence-corrected chi connectivity index (χ4v) is 4.24. The number of hydrogen-bond donors (Lipinski definition) is 1. The van der Waals surface area contributed by atoms with E-state index in [1.807, 2.05) is 54.6 Å². The molecule has 0 radical (unpaired) electrons. The van der Waals surface area contributed by atoms with Crippen molar-refractivity contribution >= 4 is 28.6 Å². The van der Waals surface area contributed by atoms with Gasteiger partial charge in [-0.1, -0.05) is 42.5 Å². The summed E-state index contributed by atoms with van der Waals surface area (Å²) in [5.74, 6) is -1.94. The maximum absolute atomic E-state index is 15.2. The SMILES string of the molecule is O=C(O)CCC(=O)N1N=C(c2ccc(-c3ccccc3)cc2F)CC1c1ccc2nccnc2c1. The molecule has 1 atom stereocenters. The Morgan fingerprint density at radius 1 is 0.914 bits per heavy atom. The minimum absolute atomic E-state index is 0.203. The minimum Gasteiger partial charge on any atom is -0.481 e. The summed E-state index contributed by atoms with van der Waals surface area (Å²) in [5.41, 5.74) is 4.51. The maximum atomic E-state index is 15.2. The molecule has 0 bridgehead atoms. The van der Waals surface area contributed by atoms with Crippen LogP contribution < -0.4 is 0 Å². The number of amides is 1. The molecule has 5 rings (SSSR count). The molecule has 35 heavy (non-hydrogen) atoms. The Kier molecular flexibility index (Phi) is 6.01. The summed E-state index contributed by atoms with van der Waals surface area (Å²) in [6.45, 7) is 0. The molecule has 4 aromatic rings. The van der Waals surface area contributed by atoms with E-state index < -0.39 is 23.7 Å². The monoisotopic (exact) mass is 468 g/mol. The first-order valence-electron chi connectivity index (χ1n) is 11.2. The number of fused-ring (bicyclic) bond motifs is 1. The molecule has 1 aliphatic heterocycles. The Balaban J connectivity index is 1.49. The number of hydrogen-bond acceptors (Lipinski definition) is 5. The van der Waals surface area contributed by atoms with Crippen molar-refractivity contribution in [1.82, 2.24) is 15.0 Å². The van der Waals surface area contributed by atoms with Crippen molar-refractivity contribution in [3.63, 3.8) is 0 Å². The molecule has 1 aromatic heterocycles. The van der Waals surface area contributed by atoms with E-state index in [1.54, 1.807) is 18.5 Å². The van der Waals surface area contributed by atoms with Gasteiger partial charge in [0, 0.05) is 30.8 Å². The van der Waals surface area contributed by atoms with Crippen LogP contribution in [0.3, 0.4) is 0 Å². The van der Waals surface area contributed by atoms with Gasteiger partial charge in [-0.3, -0.25) is 19.6 Å². The second-order valence-corrected chi connectivity index (χ2v) is 8.26. The number of carbonyl (C=O) groups is 2. The minimum atomic E-state index is -1.07. The van der Waals surface area contributed by atoms with Crippen LogP contribution in [0.15, 0.2) is 84.2 Å². The summed E-state index contributed by atoms with van der Waals surface area (Å²) in [6.07, 6.45) is 2.96. The summed E-state index contributed by atoms with van der Waals surface area (Å²) in [4.78, 5) is 32.6. The normalized spacial score (nSPS) is 15.3. The van der Waals surface area contributed by atoms with Gasteiger partial charge in [-0.25, -0.2) is 9.40 Å². The second-order valence-electron chi connectivity index (χ2n) is 8.26. The van der Waals surface area contributed by atoms with Gasteiger partial charge in [-0.05, 0) is 41.0 Å². The lowest BCUT2D eigenvalue weighted by Crippen LogP contribution is -2.27. The van der Waals surface area contributed by atoms with E-state index >= 15 is 4.39 Å². The number of carboxylic acid groups (broad SMARTS) is 1. The Labute approximate surface area is 200 Å². The number of hydrazone groups is 1. The number of carboxylic acids is 1. The molecule has 0 saturated carbocycles. The summed E-state index contributed by atoms with van der Waals surface area (Å²) in [6, 6.07) is 19.4. The van der Waals surface area contributed by atoms with Crippen molar-refractivity contribution in [3.8, 4) is 11.1 Å². The first kappa shape index (κ1) is 22.3. The van der Waals surface area contributed by atoms with Gasteiger partial charge in [0.15, 0.2) is 0 Å². The van der Waals surface area contributed by atoms with Gasteiger partial charge in [0.1, 0.15) is 5.82 Å². The van der Waals surface area contributed by atoms with Crippen molar-refractivity contribution in [2.24, 2.45) is 5.10 Å². The van der Waals surface area contributed by atoms with Crippen molar-refractivity contribution < 1.29 is 19.1 Å². The van der Waals surface area contributed by atoms with Crippen LogP contribution in [0.5, 0.6) is 0 Å². The highest BCUT2D eigenvalue weighted by Gasteiger charge is 2.34. The number of aliphatic carboxylic acids is 1. The predicted octanol–water partition coefficient (Wildman–Crippen LogP) is 4.98. The van der Waals surface area contributed by atoms with Crippen molar-refractivity contribution in [1.29, 1.82) is 0 Å². The Morgan fingerprint density at radius 2 is 1.69 bits per heavy atom. The molecule has 0 fully saturated rings. The van der Waals surface area contributed by atoms with Crippen LogP contribution in [0.1, 0.15) is 36.4 Å². The van der Waals surface area contributed by atoms with E-state index in [2.05, 4.69) is 15.1 Å². The molecule has 1 unspecified atom stereocenters. The lowest BCUT2D eigenvalue weighted by Gasteiger charge is -2.22.